The summed E-state index contributed by atoms with van der Waals surface area (Å²) in [6.45, 7) is 4.04. The van der Waals surface area contributed by atoms with E-state index in [1.54, 1.807) is 22.9 Å². The quantitative estimate of drug-likeness (QED) is 0.754. The molecular formula is C18H26FN3O4. The summed E-state index contributed by atoms with van der Waals surface area (Å²) in [4.78, 5) is 26.4. The zero-order valence-corrected chi connectivity index (χ0v) is 15.2. The molecule has 144 valence electrons. The van der Waals surface area contributed by atoms with Gasteiger partial charge in [0.1, 0.15) is 5.82 Å². The first kappa shape index (κ1) is 20.1. The first-order chi connectivity index (χ1) is 12.3. The normalized spacial score (nSPS) is 17.4. The Labute approximate surface area is 152 Å². The number of urea groups is 1. The van der Waals surface area contributed by atoms with Crippen LogP contribution in [-0.4, -0.2) is 79.4 Å². The zero-order valence-electron chi connectivity index (χ0n) is 15.2. The van der Waals surface area contributed by atoms with Gasteiger partial charge in [-0.2, -0.15) is 0 Å². The van der Waals surface area contributed by atoms with Gasteiger partial charge >= 0.3 is 12.0 Å². The van der Waals surface area contributed by atoms with Crippen LogP contribution < -0.4 is 5.32 Å². The molecule has 1 heterocycles. The molecule has 1 atom stereocenters. The number of ether oxygens (including phenoxy) is 1. The smallest absolute Gasteiger partial charge is 0.317 e. The van der Waals surface area contributed by atoms with E-state index in [0.717, 1.165) is 11.1 Å². The van der Waals surface area contributed by atoms with Crippen molar-refractivity contribution >= 4 is 12.0 Å². The monoisotopic (exact) mass is 367 g/mol. The van der Waals surface area contributed by atoms with Crippen LogP contribution in [0, 0.1) is 12.7 Å². The van der Waals surface area contributed by atoms with Crippen LogP contribution in [0.25, 0.3) is 0 Å². The molecule has 1 unspecified atom stereocenters. The molecule has 8 heteroatoms. The van der Waals surface area contributed by atoms with Crippen molar-refractivity contribution < 1.29 is 23.8 Å². The van der Waals surface area contributed by atoms with Gasteiger partial charge in [0.15, 0.2) is 0 Å². The largest absolute Gasteiger partial charge is 0.480 e. The molecular weight excluding hydrogens is 341 g/mol. The zero-order chi connectivity index (χ0) is 19.1. The molecule has 1 aliphatic heterocycles. The lowest BCUT2D eigenvalue weighted by Crippen LogP contribution is -2.52. The average molecular weight is 367 g/mol. The molecule has 1 saturated heterocycles. The number of carboxylic acid groups (broad SMARTS) is 1. The second-order valence-electron chi connectivity index (χ2n) is 6.58. The molecule has 1 fully saturated rings. The number of carboxylic acids is 1. The Morgan fingerprint density at radius 1 is 1.46 bits per heavy atom. The second kappa shape index (κ2) is 9.49. The van der Waals surface area contributed by atoms with Crippen LogP contribution in [0.2, 0.25) is 0 Å². The lowest BCUT2D eigenvalue weighted by Gasteiger charge is -2.34. The number of aliphatic carboxylic acids is 1. The molecule has 1 aliphatic rings. The summed E-state index contributed by atoms with van der Waals surface area (Å²) in [5.74, 6) is -1.16. The Balaban J connectivity index is 1.76. The fourth-order valence-corrected chi connectivity index (χ4v) is 3.01. The third kappa shape index (κ3) is 6.27. The number of nitrogens with zero attached hydrogens (tertiary/aromatic N) is 2. The molecule has 1 aromatic rings. The lowest BCUT2D eigenvalue weighted by atomic mass is 10.1. The van der Waals surface area contributed by atoms with E-state index in [1.165, 1.54) is 12.1 Å². The van der Waals surface area contributed by atoms with Gasteiger partial charge in [0.2, 0.25) is 0 Å². The van der Waals surface area contributed by atoms with Crippen molar-refractivity contribution in [1.29, 1.82) is 0 Å². The van der Waals surface area contributed by atoms with Crippen LogP contribution in [0.15, 0.2) is 18.2 Å². The average Bonchev–Trinajstić information content (AvgIpc) is 2.56. The highest BCUT2D eigenvalue weighted by molar-refractivity contribution is 5.74. The highest BCUT2D eigenvalue weighted by atomic mass is 19.1. The summed E-state index contributed by atoms with van der Waals surface area (Å²) in [6.07, 6.45) is 0.422. The van der Waals surface area contributed by atoms with Crippen molar-refractivity contribution in [2.45, 2.75) is 19.4 Å². The lowest BCUT2D eigenvalue weighted by molar-refractivity contribution is -0.138. The number of halogens is 1. The van der Waals surface area contributed by atoms with Crippen molar-refractivity contribution in [3.8, 4) is 0 Å². The number of likely N-dealkylation sites (N-methyl/N-ethyl adjacent to an activating group) is 1. The molecule has 1 aromatic carbocycles. The number of carbonyl (C=O) groups excluding carboxylic acids is 1. The first-order valence-corrected chi connectivity index (χ1v) is 8.65. The van der Waals surface area contributed by atoms with Gasteiger partial charge in [0.05, 0.1) is 19.3 Å². The summed E-state index contributed by atoms with van der Waals surface area (Å²) in [6, 6.07) is 4.47. The van der Waals surface area contributed by atoms with Crippen LogP contribution >= 0.6 is 0 Å². The highest BCUT2D eigenvalue weighted by Gasteiger charge is 2.25. The SMILES string of the molecule is Cc1cc(F)ccc1CCNC(=O)N1CCOC(CN(C)CC(=O)O)C1. The molecule has 0 aliphatic carbocycles. The van der Waals surface area contributed by atoms with Gasteiger partial charge in [-0.25, -0.2) is 9.18 Å². The standard InChI is InChI=1S/C18H26FN3O4/c1-13-9-15(19)4-3-14(13)5-6-20-18(25)22-7-8-26-16(11-22)10-21(2)12-17(23)24/h3-4,9,16H,5-8,10-12H2,1-2H3,(H,20,25)(H,23,24). The van der Waals surface area contributed by atoms with Crippen LogP contribution in [0.1, 0.15) is 11.1 Å². The summed E-state index contributed by atoms with van der Waals surface area (Å²) < 4.78 is 18.7. The molecule has 2 amide bonds. The Bertz CT molecular complexity index is 641. The van der Waals surface area contributed by atoms with Crippen LogP contribution in [-0.2, 0) is 16.0 Å². The van der Waals surface area contributed by atoms with Crippen LogP contribution in [0.4, 0.5) is 9.18 Å². The minimum Gasteiger partial charge on any atom is -0.480 e. The molecule has 7 nitrogen and oxygen atoms in total. The van der Waals surface area contributed by atoms with Gasteiger partial charge in [0, 0.05) is 26.2 Å². The van der Waals surface area contributed by atoms with E-state index in [1.807, 2.05) is 6.92 Å². The third-order valence-corrected chi connectivity index (χ3v) is 4.32. The number of amides is 2. The third-order valence-electron chi connectivity index (χ3n) is 4.32. The van der Waals surface area contributed by atoms with Gasteiger partial charge in [-0.15, -0.1) is 0 Å². The maximum absolute atomic E-state index is 13.1. The number of hydrogen-bond donors (Lipinski definition) is 2. The molecule has 0 spiro atoms. The molecule has 0 bridgehead atoms. The molecule has 2 rings (SSSR count). The Morgan fingerprint density at radius 3 is 2.92 bits per heavy atom. The maximum atomic E-state index is 13.1. The van der Waals surface area contributed by atoms with E-state index in [-0.39, 0.29) is 24.5 Å². The predicted molar refractivity (Wildman–Crippen MR) is 94.7 cm³/mol. The number of benzene rings is 1. The van der Waals surface area contributed by atoms with E-state index in [9.17, 15) is 14.0 Å². The Hall–Kier alpha value is -2.19. The van der Waals surface area contributed by atoms with Crippen molar-refractivity contribution in [1.82, 2.24) is 15.1 Å². The number of hydrogen-bond acceptors (Lipinski definition) is 4. The van der Waals surface area contributed by atoms with E-state index in [2.05, 4.69) is 5.32 Å². The van der Waals surface area contributed by atoms with E-state index in [0.29, 0.717) is 39.2 Å². The molecule has 0 aromatic heterocycles. The molecule has 2 N–H and O–H groups in total. The Kier molecular flexibility index (Phi) is 7.35. The van der Waals surface area contributed by atoms with Gasteiger partial charge in [-0.3, -0.25) is 9.69 Å². The summed E-state index contributed by atoms with van der Waals surface area (Å²) in [5, 5.41) is 11.7. The molecule has 0 radical (unpaired) electrons. The summed E-state index contributed by atoms with van der Waals surface area (Å²) >= 11 is 0. The first-order valence-electron chi connectivity index (χ1n) is 8.65. The van der Waals surface area contributed by atoms with E-state index < -0.39 is 5.97 Å². The van der Waals surface area contributed by atoms with Gasteiger partial charge in [-0.05, 0) is 43.7 Å². The van der Waals surface area contributed by atoms with Crippen molar-refractivity contribution in [3.05, 3.63) is 35.1 Å². The number of nitrogens with one attached hydrogen (secondary N) is 1. The highest BCUT2D eigenvalue weighted by Crippen LogP contribution is 2.11. The fourth-order valence-electron chi connectivity index (χ4n) is 3.01. The second-order valence-corrected chi connectivity index (χ2v) is 6.58. The number of rotatable bonds is 7. The maximum Gasteiger partial charge on any atom is 0.317 e. The van der Waals surface area contributed by atoms with Crippen LogP contribution in [0.3, 0.4) is 0 Å². The number of morpholine rings is 1. The van der Waals surface area contributed by atoms with Gasteiger partial charge in [0.25, 0.3) is 0 Å². The fraction of sp³-hybridized carbons (Fsp3) is 0.556. The van der Waals surface area contributed by atoms with E-state index >= 15 is 0 Å². The molecule has 26 heavy (non-hydrogen) atoms. The Morgan fingerprint density at radius 2 is 2.23 bits per heavy atom. The summed E-state index contributed by atoms with van der Waals surface area (Å²) in [7, 11) is 1.71. The van der Waals surface area contributed by atoms with Gasteiger partial charge < -0.3 is 20.1 Å². The van der Waals surface area contributed by atoms with E-state index in [4.69, 9.17) is 9.84 Å². The number of carbonyl (C=O) groups is 2. The van der Waals surface area contributed by atoms with Crippen molar-refractivity contribution in [2.24, 2.45) is 0 Å². The molecule has 0 saturated carbocycles. The van der Waals surface area contributed by atoms with Gasteiger partial charge in [-0.1, -0.05) is 6.07 Å². The minimum atomic E-state index is -0.894. The van der Waals surface area contributed by atoms with Crippen molar-refractivity contribution in [2.75, 3.05) is 46.4 Å². The number of aryl methyl sites for hydroxylation is 1. The topological polar surface area (TPSA) is 82.1 Å². The predicted octanol–water partition coefficient (Wildman–Crippen LogP) is 1.10. The van der Waals surface area contributed by atoms with Crippen molar-refractivity contribution in [3.63, 3.8) is 0 Å². The summed E-state index contributed by atoms with van der Waals surface area (Å²) in [5.41, 5.74) is 1.87. The minimum absolute atomic E-state index is 0.0664. The van der Waals surface area contributed by atoms with Crippen LogP contribution in [0.5, 0.6) is 0 Å².